The highest BCUT2D eigenvalue weighted by molar-refractivity contribution is 5.86. The van der Waals surface area contributed by atoms with Crippen LogP contribution in [0.4, 0.5) is 23.1 Å². The number of aromatic amines is 2. The summed E-state index contributed by atoms with van der Waals surface area (Å²) in [6, 6.07) is 11.0. The van der Waals surface area contributed by atoms with E-state index in [-0.39, 0.29) is 6.10 Å². The number of fused-ring (bicyclic) bond motifs is 1. The standard InChI is InChI=1S/C21H26N6O/c28-17-9-12-27(13-10-17)16-6-4-15(5-7-16)24-21-25-19-18(8-11-22-19)20(26-21)23-14-2-1-3-14/h4-8,11,14,17,28H,1-3,9-10,12-13H2,(H3,22,23,24,25,26)/p+1. The first-order valence-electron chi connectivity index (χ1n) is 10.2. The maximum atomic E-state index is 9.68. The summed E-state index contributed by atoms with van der Waals surface area (Å²) in [5.74, 6) is 1.73. The molecule has 2 aromatic heterocycles. The molecule has 0 atom stereocenters. The van der Waals surface area contributed by atoms with E-state index < -0.39 is 0 Å². The second kappa shape index (κ2) is 7.31. The van der Waals surface area contributed by atoms with Crippen molar-refractivity contribution in [2.24, 2.45) is 0 Å². The predicted octanol–water partition coefficient (Wildman–Crippen LogP) is 3.05. The van der Waals surface area contributed by atoms with Crippen LogP contribution in [0.5, 0.6) is 0 Å². The Kier molecular flexibility index (Phi) is 4.52. The molecule has 3 heterocycles. The van der Waals surface area contributed by atoms with Crippen molar-refractivity contribution in [3.63, 3.8) is 0 Å². The van der Waals surface area contributed by atoms with Crippen LogP contribution in [-0.4, -0.2) is 40.3 Å². The Balaban J connectivity index is 1.33. The Labute approximate surface area is 164 Å². The van der Waals surface area contributed by atoms with Gasteiger partial charge in [0.25, 0.3) is 0 Å². The molecule has 3 aromatic rings. The molecule has 2 fully saturated rings. The van der Waals surface area contributed by atoms with Crippen molar-refractivity contribution in [1.82, 2.24) is 9.97 Å². The lowest BCUT2D eigenvalue weighted by Gasteiger charge is -2.31. The molecule has 28 heavy (non-hydrogen) atoms. The van der Waals surface area contributed by atoms with Gasteiger partial charge in [0.05, 0.1) is 23.2 Å². The Bertz CT molecular complexity index is 941. The summed E-state index contributed by atoms with van der Waals surface area (Å²) >= 11 is 0. The van der Waals surface area contributed by atoms with Crippen molar-refractivity contribution in [2.45, 2.75) is 44.2 Å². The van der Waals surface area contributed by atoms with Crippen LogP contribution in [0, 0.1) is 0 Å². The molecule has 2 aliphatic rings. The van der Waals surface area contributed by atoms with Gasteiger partial charge in [-0.1, -0.05) is 4.98 Å². The Morgan fingerprint density at radius 1 is 1.07 bits per heavy atom. The summed E-state index contributed by atoms with van der Waals surface area (Å²) in [6.07, 6.45) is 7.19. The smallest absolute Gasteiger partial charge is 0.351 e. The van der Waals surface area contributed by atoms with Crippen LogP contribution in [0.3, 0.4) is 0 Å². The first-order valence-corrected chi connectivity index (χ1v) is 10.2. The lowest BCUT2D eigenvalue weighted by molar-refractivity contribution is -0.346. The number of aromatic nitrogens is 3. The highest BCUT2D eigenvalue weighted by atomic mass is 16.3. The van der Waals surface area contributed by atoms with Crippen LogP contribution in [0.25, 0.3) is 11.0 Å². The molecular weight excluding hydrogens is 352 g/mol. The lowest BCUT2D eigenvalue weighted by Crippen LogP contribution is -2.35. The molecule has 0 spiro atoms. The number of nitrogens with one attached hydrogen (secondary N) is 4. The quantitative estimate of drug-likeness (QED) is 0.547. The number of H-pyrrole nitrogens is 2. The van der Waals surface area contributed by atoms with Gasteiger partial charge in [-0.2, -0.15) is 0 Å². The van der Waals surface area contributed by atoms with Gasteiger partial charge in [0.2, 0.25) is 11.5 Å². The molecule has 0 amide bonds. The zero-order valence-electron chi connectivity index (χ0n) is 15.9. The topological polar surface area (TPSA) is 90.4 Å². The third-order valence-corrected chi connectivity index (χ3v) is 5.87. The number of aliphatic hydroxyl groups is 1. The largest absolute Gasteiger partial charge is 0.393 e. The van der Waals surface area contributed by atoms with Crippen molar-refractivity contribution in [1.29, 1.82) is 0 Å². The number of benzene rings is 1. The maximum absolute atomic E-state index is 9.68. The van der Waals surface area contributed by atoms with E-state index in [2.05, 4.69) is 54.8 Å². The second-order valence-electron chi connectivity index (χ2n) is 7.86. The Morgan fingerprint density at radius 3 is 2.57 bits per heavy atom. The van der Waals surface area contributed by atoms with E-state index in [9.17, 15) is 5.11 Å². The minimum absolute atomic E-state index is 0.149. The van der Waals surface area contributed by atoms with E-state index in [1.807, 2.05) is 12.3 Å². The normalized spacial score (nSPS) is 18.2. The van der Waals surface area contributed by atoms with Gasteiger partial charge in [-0.05, 0) is 62.4 Å². The van der Waals surface area contributed by atoms with E-state index in [4.69, 9.17) is 0 Å². The van der Waals surface area contributed by atoms with Crippen molar-refractivity contribution < 1.29 is 10.1 Å². The first-order chi connectivity index (χ1) is 13.7. The molecule has 1 aliphatic heterocycles. The van der Waals surface area contributed by atoms with Crippen molar-refractivity contribution >= 4 is 34.2 Å². The molecule has 0 bridgehead atoms. The third-order valence-electron chi connectivity index (χ3n) is 5.87. The van der Waals surface area contributed by atoms with E-state index >= 15 is 0 Å². The fraction of sp³-hybridized carbons (Fsp3) is 0.429. The van der Waals surface area contributed by atoms with Crippen LogP contribution >= 0.6 is 0 Å². The highest BCUT2D eigenvalue weighted by Gasteiger charge is 2.23. The predicted molar refractivity (Wildman–Crippen MR) is 111 cm³/mol. The van der Waals surface area contributed by atoms with Gasteiger partial charge in [0.15, 0.2) is 0 Å². The molecule has 5 N–H and O–H groups in total. The maximum Gasteiger partial charge on any atom is 0.351 e. The summed E-state index contributed by atoms with van der Waals surface area (Å²) < 4.78 is 0. The monoisotopic (exact) mass is 379 g/mol. The molecule has 7 heteroatoms. The van der Waals surface area contributed by atoms with Crippen molar-refractivity contribution in [3.05, 3.63) is 36.5 Å². The molecule has 5 rings (SSSR count). The van der Waals surface area contributed by atoms with Crippen molar-refractivity contribution in [2.75, 3.05) is 28.6 Å². The summed E-state index contributed by atoms with van der Waals surface area (Å²) in [6.45, 7) is 1.81. The fourth-order valence-electron chi connectivity index (χ4n) is 3.93. The van der Waals surface area contributed by atoms with Crippen LogP contribution in [0.1, 0.15) is 32.1 Å². The minimum atomic E-state index is -0.149. The van der Waals surface area contributed by atoms with Gasteiger partial charge in [-0.3, -0.25) is 5.32 Å². The van der Waals surface area contributed by atoms with Crippen molar-refractivity contribution in [3.8, 4) is 0 Å². The van der Waals surface area contributed by atoms with Gasteiger partial charge >= 0.3 is 5.95 Å². The fourth-order valence-corrected chi connectivity index (χ4v) is 3.93. The van der Waals surface area contributed by atoms with Crippen LogP contribution < -0.4 is 20.5 Å². The van der Waals surface area contributed by atoms with Crippen LogP contribution in [-0.2, 0) is 0 Å². The number of hydrogen-bond acceptors (Lipinski definition) is 5. The number of piperidine rings is 1. The third kappa shape index (κ3) is 3.49. The number of rotatable bonds is 5. The number of aliphatic hydroxyl groups excluding tert-OH is 1. The lowest BCUT2D eigenvalue weighted by atomic mass is 9.93. The molecule has 0 radical (unpaired) electrons. The number of hydrogen-bond donors (Lipinski definition) is 4. The average Bonchev–Trinajstić information content (AvgIpc) is 3.15. The summed E-state index contributed by atoms with van der Waals surface area (Å²) in [4.78, 5) is 13.6. The second-order valence-corrected chi connectivity index (χ2v) is 7.86. The summed E-state index contributed by atoms with van der Waals surface area (Å²) in [5.41, 5.74) is 3.05. The zero-order valence-corrected chi connectivity index (χ0v) is 15.9. The summed E-state index contributed by atoms with van der Waals surface area (Å²) in [7, 11) is 0. The molecule has 1 saturated carbocycles. The Morgan fingerprint density at radius 2 is 1.86 bits per heavy atom. The highest BCUT2D eigenvalue weighted by Crippen LogP contribution is 2.27. The average molecular weight is 379 g/mol. The SMILES string of the molecule is OC1CCN(c2ccc(Nc3nc4[nH]ccc4c(NC4CCC4)[nH+]3)cc2)CC1. The molecule has 7 nitrogen and oxygen atoms in total. The van der Waals surface area contributed by atoms with Gasteiger partial charge in [0, 0.05) is 25.0 Å². The van der Waals surface area contributed by atoms with Crippen LogP contribution in [0.2, 0.25) is 0 Å². The van der Waals surface area contributed by atoms with Gasteiger partial charge < -0.3 is 20.3 Å². The molecular formula is C21H27N6O+. The minimum Gasteiger partial charge on any atom is -0.393 e. The molecule has 1 aliphatic carbocycles. The van der Waals surface area contributed by atoms with E-state index in [1.165, 1.54) is 24.9 Å². The Hall–Kier alpha value is -2.80. The zero-order chi connectivity index (χ0) is 18.9. The molecule has 1 aromatic carbocycles. The van der Waals surface area contributed by atoms with E-state index in [1.54, 1.807) is 0 Å². The number of anilines is 4. The molecule has 0 unspecified atom stereocenters. The van der Waals surface area contributed by atoms with E-state index in [0.29, 0.717) is 12.0 Å². The molecule has 146 valence electrons. The van der Waals surface area contributed by atoms with Gasteiger partial charge in [-0.25, -0.2) is 4.98 Å². The summed E-state index contributed by atoms with van der Waals surface area (Å²) in [5, 5.41) is 17.8. The number of nitrogens with zero attached hydrogens (tertiary/aromatic N) is 2. The first kappa shape index (κ1) is 17.3. The van der Waals surface area contributed by atoms with E-state index in [0.717, 1.165) is 48.5 Å². The van der Waals surface area contributed by atoms with Gasteiger partial charge in [-0.15, -0.1) is 0 Å². The molecule has 1 saturated heterocycles. The van der Waals surface area contributed by atoms with Crippen LogP contribution in [0.15, 0.2) is 36.5 Å². The van der Waals surface area contributed by atoms with Gasteiger partial charge in [0.1, 0.15) is 0 Å².